The number of hydrogen-bond donors (Lipinski definition) is 0. The highest BCUT2D eigenvalue weighted by Gasteiger charge is 2.20. The van der Waals surface area contributed by atoms with Crippen LogP contribution in [-0.4, -0.2) is 38.0 Å². The Bertz CT molecular complexity index is 979. The van der Waals surface area contributed by atoms with E-state index in [1.54, 1.807) is 0 Å². The Labute approximate surface area is 154 Å². The number of imidazole rings is 2. The zero-order chi connectivity index (χ0) is 17.9. The predicted octanol–water partition coefficient (Wildman–Crippen LogP) is 4.24. The van der Waals surface area contributed by atoms with Crippen LogP contribution in [0.25, 0.3) is 16.8 Å². The molecule has 0 fully saturated rings. The van der Waals surface area contributed by atoms with Gasteiger partial charge in [0.2, 0.25) is 5.78 Å². The second kappa shape index (κ2) is 7.34. The summed E-state index contributed by atoms with van der Waals surface area (Å²) in [5.74, 6) is 1.02. The first-order valence-corrected chi connectivity index (χ1v) is 9.50. The fourth-order valence-corrected chi connectivity index (χ4v) is 4.01. The number of aromatic nitrogens is 3. The van der Waals surface area contributed by atoms with Gasteiger partial charge in [0, 0.05) is 25.0 Å². The molecule has 2 aromatic carbocycles. The molecular weight excluding hydrogens is 320 g/mol. The molecule has 134 valence electrons. The standard InChI is InChI=1S/C22H26N4/c1-3-24(4-2)19(16-18-10-6-5-7-11-18)17-26-21-13-9-8-12-20(21)25-15-14-23-22(25)26/h5-15,19H,3-4,16-17H2,1-2H3. The average Bonchev–Trinajstić information content (AvgIpc) is 3.26. The summed E-state index contributed by atoms with van der Waals surface area (Å²) in [6.07, 6.45) is 4.99. The van der Waals surface area contributed by atoms with Crippen molar-refractivity contribution in [1.82, 2.24) is 18.9 Å². The maximum atomic E-state index is 4.63. The molecule has 1 atom stereocenters. The van der Waals surface area contributed by atoms with Crippen molar-refractivity contribution in [3.8, 4) is 0 Å². The van der Waals surface area contributed by atoms with Crippen molar-refractivity contribution in [1.29, 1.82) is 0 Å². The number of para-hydroxylation sites is 2. The number of nitrogens with zero attached hydrogens (tertiary/aromatic N) is 4. The van der Waals surface area contributed by atoms with Crippen LogP contribution in [0.15, 0.2) is 67.0 Å². The number of rotatable bonds is 7. The SMILES string of the molecule is CCN(CC)C(Cc1ccccc1)Cn1c2ccccc2n2ccnc12. The van der Waals surface area contributed by atoms with Gasteiger partial charge in [-0.05, 0) is 37.2 Å². The minimum atomic E-state index is 0.434. The molecule has 0 saturated heterocycles. The topological polar surface area (TPSA) is 25.5 Å². The van der Waals surface area contributed by atoms with Crippen LogP contribution in [0.5, 0.6) is 0 Å². The van der Waals surface area contributed by atoms with Gasteiger partial charge in [-0.1, -0.05) is 56.3 Å². The van der Waals surface area contributed by atoms with Gasteiger partial charge in [-0.3, -0.25) is 9.30 Å². The summed E-state index contributed by atoms with van der Waals surface area (Å²) in [6.45, 7) is 7.54. The van der Waals surface area contributed by atoms with Crippen LogP contribution in [0.1, 0.15) is 19.4 Å². The lowest BCUT2D eigenvalue weighted by Gasteiger charge is -2.30. The molecule has 0 amide bonds. The van der Waals surface area contributed by atoms with Crippen molar-refractivity contribution < 1.29 is 0 Å². The molecule has 4 aromatic rings. The van der Waals surface area contributed by atoms with E-state index in [-0.39, 0.29) is 0 Å². The molecule has 2 aromatic heterocycles. The minimum absolute atomic E-state index is 0.434. The van der Waals surface area contributed by atoms with E-state index in [9.17, 15) is 0 Å². The molecule has 0 spiro atoms. The van der Waals surface area contributed by atoms with Crippen molar-refractivity contribution in [2.45, 2.75) is 32.9 Å². The van der Waals surface area contributed by atoms with Crippen LogP contribution >= 0.6 is 0 Å². The van der Waals surface area contributed by atoms with Crippen LogP contribution < -0.4 is 0 Å². The fraction of sp³-hybridized carbons (Fsp3) is 0.318. The van der Waals surface area contributed by atoms with Crippen molar-refractivity contribution >= 4 is 16.8 Å². The summed E-state index contributed by atoms with van der Waals surface area (Å²) in [5, 5.41) is 0. The molecule has 0 aliphatic rings. The van der Waals surface area contributed by atoms with Crippen molar-refractivity contribution in [3.63, 3.8) is 0 Å². The molecule has 26 heavy (non-hydrogen) atoms. The summed E-state index contributed by atoms with van der Waals surface area (Å²) in [4.78, 5) is 7.19. The Morgan fingerprint density at radius 2 is 1.62 bits per heavy atom. The maximum absolute atomic E-state index is 4.63. The predicted molar refractivity (Wildman–Crippen MR) is 108 cm³/mol. The lowest BCUT2D eigenvalue weighted by molar-refractivity contribution is 0.197. The first-order chi connectivity index (χ1) is 12.8. The molecule has 0 saturated carbocycles. The molecule has 4 rings (SSSR count). The molecular formula is C22H26N4. The van der Waals surface area contributed by atoms with Crippen LogP contribution in [0.3, 0.4) is 0 Å². The highest BCUT2D eigenvalue weighted by atomic mass is 15.2. The van der Waals surface area contributed by atoms with Gasteiger partial charge in [0.15, 0.2) is 0 Å². The minimum Gasteiger partial charge on any atom is -0.308 e. The molecule has 0 bridgehead atoms. The van der Waals surface area contributed by atoms with Gasteiger partial charge in [-0.2, -0.15) is 0 Å². The van der Waals surface area contributed by atoms with Gasteiger partial charge in [0.25, 0.3) is 0 Å². The van der Waals surface area contributed by atoms with E-state index in [2.05, 4.69) is 93.5 Å². The maximum Gasteiger partial charge on any atom is 0.214 e. The number of hydrogen-bond acceptors (Lipinski definition) is 2. The van der Waals surface area contributed by atoms with E-state index in [4.69, 9.17) is 0 Å². The normalized spacial score (nSPS) is 13.0. The highest BCUT2D eigenvalue weighted by molar-refractivity contribution is 5.80. The van der Waals surface area contributed by atoms with Gasteiger partial charge in [0.1, 0.15) is 0 Å². The van der Waals surface area contributed by atoms with Crippen molar-refractivity contribution in [2.75, 3.05) is 13.1 Å². The lowest BCUT2D eigenvalue weighted by atomic mass is 10.0. The molecule has 2 heterocycles. The smallest absolute Gasteiger partial charge is 0.214 e. The van der Waals surface area contributed by atoms with Crippen molar-refractivity contribution in [3.05, 3.63) is 72.6 Å². The third kappa shape index (κ3) is 3.01. The van der Waals surface area contributed by atoms with Crippen LogP contribution in [-0.2, 0) is 13.0 Å². The Kier molecular flexibility index (Phi) is 4.76. The Morgan fingerprint density at radius 1 is 0.923 bits per heavy atom. The molecule has 0 radical (unpaired) electrons. The van der Waals surface area contributed by atoms with Crippen LogP contribution in [0.2, 0.25) is 0 Å². The first-order valence-electron chi connectivity index (χ1n) is 9.50. The third-order valence-corrected chi connectivity index (χ3v) is 5.33. The third-order valence-electron chi connectivity index (χ3n) is 5.33. The Balaban J connectivity index is 1.75. The van der Waals surface area contributed by atoms with Crippen LogP contribution in [0.4, 0.5) is 0 Å². The Hall–Kier alpha value is -2.59. The first kappa shape index (κ1) is 16.9. The molecule has 4 nitrogen and oxygen atoms in total. The van der Waals surface area contributed by atoms with E-state index in [0.29, 0.717) is 6.04 Å². The quantitative estimate of drug-likeness (QED) is 0.500. The molecule has 0 aliphatic carbocycles. The van der Waals surface area contributed by atoms with E-state index >= 15 is 0 Å². The van der Waals surface area contributed by atoms with Gasteiger partial charge < -0.3 is 4.57 Å². The van der Waals surface area contributed by atoms with E-state index < -0.39 is 0 Å². The fourth-order valence-electron chi connectivity index (χ4n) is 4.01. The largest absolute Gasteiger partial charge is 0.308 e. The zero-order valence-corrected chi connectivity index (χ0v) is 15.5. The molecule has 0 aliphatic heterocycles. The number of likely N-dealkylation sites (N-methyl/N-ethyl adjacent to an activating group) is 1. The molecule has 1 unspecified atom stereocenters. The monoisotopic (exact) mass is 346 g/mol. The average molecular weight is 346 g/mol. The summed E-state index contributed by atoms with van der Waals surface area (Å²) in [6, 6.07) is 19.8. The van der Waals surface area contributed by atoms with Gasteiger partial charge >= 0.3 is 0 Å². The highest BCUT2D eigenvalue weighted by Crippen LogP contribution is 2.22. The summed E-state index contributed by atoms with van der Waals surface area (Å²) in [5.41, 5.74) is 3.86. The number of benzene rings is 2. The second-order valence-electron chi connectivity index (χ2n) is 6.76. The second-order valence-corrected chi connectivity index (χ2v) is 6.76. The lowest BCUT2D eigenvalue weighted by Crippen LogP contribution is -2.39. The Morgan fingerprint density at radius 3 is 2.35 bits per heavy atom. The van der Waals surface area contributed by atoms with E-state index in [1.807, 2.05) is 6.20 Å². The van der Waals surface area contributed by atoms with Crippen LogP contribution in [0, 0.1) is 0 Å². The summed E-state index contributed by atoms with van der Waals surface area (Å²) < 4.78 is 4.57. The number of fused-ring (bicyclic) bond motifs is 3. The molecule has 4 heteroatoms. The summed E-state index contributed by atoms with van der Waals surface area (Å²) >= 11 is 0. The zero-order valence-electron chi connectivity index (χ0n) is 15.5. The van der Waals surface area contributed by atoms with Gasteiger partial charge in [0.05, 0.1) is 11.0 Å². The molecule has 0 N–H and O–H groups in total. The van der Waals surface area contributed by atoms with Crippen molar-refractivity contribution in [2.24, 2.45) is 0 Å². The van der Waals surface area contributed by atoms with Gasteiger partial charge in [-0.15, -0.1) is 0 Å². The van der Waals surface area contributed by atoms with E-state index in [1.165, 1.54) is 16.6 Å². The van der Waals surface area contributed by atoms with E-state index in [0.717, 1.165) is 31.8 Å². The van der Waals surface area contributed by atoms with Gasteiger partial charge in [-0.25, -0.2) is 4.98 Å². The summed E-state index contributed by atoms with van der Waals surface area (Å²) in [7, 11) is 0.